The van der Waals surface area contributed by atoms with Gasteiger partial charge < -0.3 is 14.8 Å². The van der Waals surface area contributed by atoms with Crippen molar-refractivity contribution in [2.45, 2.75) is 26.1 Å². The van der Waals surface area contributed by atoms with Gasteiger partial charge in [0.25, 0.3) is 5.91 Å². The minimum absolute atomic E-state index is 0.338. The number of nitrogens with zero attached hydrogens (tertiary/aromatic N) is 1. The van der Waals surface area contributed by atoms with Crippen molar-refractivity contribution in [2.75, 3.05) is 6.54 Å². The number of imide groups is 1. The molecule has 2 atom stereocenters. The van der Waals surface area contributed by atoms with Crippen molar-refractivity contribution >= 4 is 17.9 Å². The molecule has 0 spiro atoms. The van der Waals surface area contributed by atoms with E-state index in [-0.39, 0.29) is 0 Å². The molecule has 0 radical (unpaired) electrons. The quantitative estimate of drug-likeness (QED) is 0.696. The summed E-state index contributed by atoms with van der Waals surface area (Å²) in [5.41, 5.74) is 0.868. The Morgan fingerprint density at radius 1 is 1.07 bits per heavy atom. The molecule has 0 saturated heterocycles. The van der Waals surface area contributed by atoms with Crippen molar-refractivity contribution < 1.29 is 23.9 Å². The Hall–Kier alpha value is -3.86. The molecule has 0 aromatic heterocycles. The zero-order chi connectivity index (χ0) is 21.2. The van der Waals surface area contributed by atoms with Crippen LogP contribution in [0.2, 0.25) is 0 Å². The van der Waals surface area contributed by atoms with Gasteiger partial charge >= 0.3 is 12.0 Å². The Balaban J connectivity index is 2.10. The highest BCUT2D eigenvalue weighted by Crippen LogP contribution is 2.20. The molecule has 0 heterocycles. The van der Waals surface area contributed by atoms with Gasteiger partial charge in [-0.15, -0.1) is 0 Å². The highest BCUT2D eigenvalue weighted by Gasteiger charge is 2.29. The van der Waals surface area contributed by atoms with Crippen LogP contribution in [0.4, 0.5) is 4.79 Å². The van der Waals surface area contributed by atoms with Crippen LogP contribution in [0.5, 0.6) is 5.75 Å². The fourth-order valence-corrected chi connectivity index (χ4v) is 2.36. The molecule has 0 aliphatic rings. The third kappa shape index (κ3) is 6.36. The van der Waals surface area contributed by atoms with Crippen LogP contribution in [0.15, 0.2) is 54.6 Å². The average molecular weight is 395 g/mol. The van der Waals surface area contributed by atoms with E-state index in [9.17, 15) is 14.4 Å². The first kappa shape index (κ1) is 21.4. The molecule has 0 aliphatic heterocycles. The second-order valence-electron chi connectivity index (χ2n) is 5.97. The van der Waals surface area contributed by atoms with Crippen LogP contribution < -0.4 is 15.4 Å². The summed E-state index contributed by atoms with van der Waals surface area (Å²) in [7, 11) is 0. The van der Waals surface area contributed by atoms with Crippen molar-refractivity contribution in [2.24, 2.45) is 0 Å². The van der Waals surface area contributed by atoms with E-state index in [2.05, 4.69) is 10.6 Å². The Morgan fingerprint density at radius 3 is 2.31 bits per heavy atom. The van der Waals surface area contributed by atoms with Gasteiger partial charge in [-0.1, -0.05) is 30.3 Å². The number of carbonyl (C=O) groups excluding carboxylic acids is 3. The summed E-state index contributed by atoms with van der Waals surface area (Å²) in [6, 6.07) is 15.9. The molecule has 2 rings (SSSR count). The molecule has 8 heteroatoms. The minimum atomic E-state index is -1.32. The summed E-state index contributed by atoms with van der Waals surface area (Å²) in [5, 5.41) is 13.4. The van der Waals surface area contributed by atoms with Crippen LogP contribution in [0.3, 0.4) is 0 Å². The Bertz CT molecular complexity index is 891. The first-order valence-corrected chi connectivity index (χ1v) is 8.95. The number of rotatable bonds is 7. The zero-order valence-corrected chi connectivity index (χ0v) is 16.0. The maximum Gasteiger partial charge on any atom is 0.348 e. The summed E-state index contributed by atoms with van der Waals surface area (Å²) in [4.78, 5) is 36.7. The van der Waals surface area contributed by atoms with Gasteiger partial charge in [0.2, 0.25) is 6.10 Å². The molecule has 2 N–H and O–H groups in total. The lowest BCUT2D eigenvalue weighted by Crippen LogP contribution is -2.43. The van der Waals surface area contributed by atoms with Crippen molar-refractivity contribution in [1.29, 1.82) is 5.26 Å². The van der Waals surface area contributed by atoms with Crippen LogP contribution in [-0.2, 0) is 14.3 Å². The zero-order valence-electron chi connectivity index (χ0n) is 16.0. The molecule has 0 unspecified atom stereocenters. The van der Waals surface area contributed by atoms with Gasteiger partial charge in [0.05, 0.1) is 11.6 Å². The largest absolute Gasteiger partial charge is 0.479 e. The maximum absolute atomic E-state index is 12.5. The van der Waals surface area contributed by atoms with Crippen LogP contribution in [0.25, 0.3) is 0 Å². The standard InChI is InChI=1S/C21H21N3O5/c1-3-23-21(27)24-19(25)18(16-7-5-4-6-8-16)29-20(26)14(2)28-17-11-9-15(13-22)10-12-17/h4-12,14,18H,3H2,1-2H3,(H2,23,24,25,27)/t14-,18+/m0/s1. The van der Waals surface area contributed by atoms with E-state index in [1.54, 1.807) is 61.5 Å². The molecule has 0 bridgehead atoms. The Labute approximate surface area is 168 Å². The summed E-state index contributed by atoms with van der Waals surface area (Å²) < 4.78 is 10.9. The predicted octanol–water partition coefficient (Wildman–Crippen LogP) is 2.46. The molecule has 0 fully saturated rings. The minimum Gasteiger partial charge on any atom is -0.479 e. The first-order chi connectivity index (χ1) is 13.9. The molecule has 8 nitrogen and oxygen atoms in total. The fourth-order valence-electron chi connectivity index (χ4n) is 2.36. The molecule has 29 heavy (non-hydrogen) atoms. The lowest BCUT2D eigenvalue weighted by atomic mass is 10.1. The van der Waals surface area contributed by atoms with E-state index < -0.39 is 30.1 Å². The topological polar surface area (TPSA) is 118 Å². The summed E-state index contributed by atoms with van der Waals surface area (Å²) in [5.74, 6) is -1.19. The van der Waals surface area contributed by atoms with E-state index >= 15 is 0 Å². The predicted molar refractivity (Wildman–Crippen MR) is 104 cm³/mol. The number of ether oxygens (including phenoxy) is 2. The Kier molecular flexibility index (Phi) is 7.74. The van der Waals surface area contributed by atoms with E-state index in [0.717, 1.165) is 0 Å². The SMILES string of the molecule is CCNC(=O)NC(=O)[C@H](OC(=O)[C@H](C)Oc1ccc(C#N)cc1)c1ccccc1. The number of esters is 1. The van der Waals surface area contributed by atoms with Gasteiger partial charge in [0, 0.05) is 12.1 Å². The summed E-state index contributed by atoms with van der Waals surface area (Å²) in [6.07, 6.45) is -2.34. The lowest BCUT2D eigenvalue weighted by Gasteiger charge is -2.20. The van der Waals surface area contributed by atoms with Gasteiger partial charge in [-0.25, -0.2) is 9.59 Å². The number of hydrogen-bond donors (Lipinski definition) is 2. The maximum atomic E-state index is 12.5. The van der Waals surface area contributed by atoms with Gasteiger partial charge in [-0.05, 0) is 38.1 Å². The number of amides is 3. The summed E-state index contributed by atoms with van der Waals surface area (Å²) >= 11 is 0. The lowest BCUT2D eigenvalue weighted by molar-refractivity contribution is -0.162. The number of carbonyl (C=O) groups is 3. The number of nitriles is 1. The normalized spacial score (nSPS) is 12.0. The molecule has 150 valence electrons. The number of urea groups is 1. The van der Waals surface area contributed by atoms with Crippen LogP contribution in [0.1, 0.15) is 31.1 Å². The fraction of sp³-hybridized carbons (Fsp3) is 0.238. The van der Waals surface area contributed by atoms with Gasteiger partial charge in [0.15, 0.2) is 6.10 Å². The third-order valence-corrected chi connectivity index (χ3v) is 3.78. The first-order valence-electron chi connectivity index (χ1n) is 8.95. The van der Waals surface area contributed by atoms with Gasteiger partial charge in [-0.3, -0.25) is 10.1 Å². The highest BCUT2D eigenvalue weighted by atomic mass is 16.6. The molecule has 0 saturated carbocycles. The van der Waals surface area contributed by atoms with E-state index in [1.807, 2.05) is 6.07 Å². The van der Waals surface area contributed by atoms with Crippen molar-refractivity contribution in [3.05, 3.63) is 65.7 Å². The Morgan fingerprint density at radius 2 is 1.72 bits per heavy atom. The third-order valence-electron chi connectivity index (χ3n) is 3.78. The average Bonchev–Trinajstić information content (AvgIpc) is 2.73. The van der Waals surface area contributed by atoms with E-state index in [4.69, 9.17) is 14.7 Å². The van der Waals surface area contributed by atoms with Crippen molar-refractivity contribution in [3.8, 4) is 11.8 Å². The van der Waals surface area contributed by atoms with Gasteiger partial charge in [0.1, 0.15) is 5.75 Å². The van der Waals surface area contributed by atoms with E-state index in [0.29, 0.717) is 23.4 Å². The molecular weight excluding hydrogens is 374 g/mol. The molecule has 2 aromatic rings. The van der Waals surface area contributed by atoms with Crippen molar-refractivity contribution in [1.82, 2.24) is 10.6 Å². The van der Waals surface area contributed by atoms with Crippen LogP contribution >= 0.6 is 0 Å². The number of nitrogens with one attached hydrogen (secondary N) is 2. The van der Waals surface area contributed by atoms with Crippen LogP contribution in [-0.4, -0.2) is 30.6 Å². The van der Waals surface area contributed by atoms with E-state index in [1.165, 1.54) is 6.92 Å². The number of hydrogen-bond acceptors (Lipinski definition) is 6. The van der Waals surface area contributed by atoms with Crippen molar-refractivity contribution in [3.63, 3.8) is 0 Å². The second kappa shape index (κ2) is 10.5. The molecular formula is C21H21N3O5. The number of benzene rings is 2. The molecule has 2 aromatic carbocycles. The summed E-state index contributed by atoms with van der Waals surface area (Å²) in [6.45, 7) is 3.52. The van der Waals surface area contributed by atoms with Gasteiger partial charge in [-0.2, -0.15) is 5.26 Å². The second-order valence-corrected chi connectivity index (χ2v) is 5.97. The highest BCUT2D eigenvalue weighted by molar-refractivity contribution is 5.97. The molecule has 3 amide bonds. The van der Waals surface area contributed by atoms with Crippen LogP contribution in [0, 0.1) is 11.3 Å². The molecule has 0 aliphatic carbocycles. The smallest absolute Gasteiger partial charge is 0.348 e. The monoisotopic (exact) mass is 395 g/mol.